The molecule has 3 aliphatic rings. The second kappa shape index (κ2) is 4.14. The number of nitrogens with two attached hydrogens (primary N) is 1. The van der Waals surface area contributed by atoms with E-state index < -0.39 is 5.60 Å². The number of hydrogen-bond acceptors (Lipinski definition) is 4. The normalized spacial score (nSPS) is 33.2. The lowest BCUT2D eigenvalue weighted by Gasteiger charge is -2.39. The van der Waals surface area contributed by atoms with Gasteiger partial charge in [-0.05, 0) is 40.0 Å². The zero-order valence-corrected chi connectivity index (χ0v) is 11.0. The molecule has 2 bridgehead atoms. The van der Waals surface area contributed by atoms with Crippen LogP contribution in [0.25, 0.3) is 0 Å². The van der Waals surface area contributed by atoms with Gasteiger partial charge in [-0.15, -0.1) is 0 Å². The maximum Gasteiger partial charge on any atom is 0.410 e. The van der Waals surface area contributed by atoms with E-state index in [0.29, 0.717) is 11.8 Å². The van der Waals surface area contributed by atoms with Crippen molar-refractivity contribution in [2.75, 3.05) is 6.54 Å². The Morgan fingerprint density at radius 1 is 1.47 bits per heavy atom. The molecule has 5 heteroatoms. The third-order valence-corrected chi connectivity index (χ3v) is 3.75. The van der Waals surface area contributed by atoms with E-state index >= 15 is 0 Å². The van der Waals surface area contributed by atoms with E-state index in [-0.39, 0.29) is 18.2 Å². The van der Waals surface area contributed by atoms with Gasteiger partial charge in [0, 0.05) is 18.5 Å². The van der Waals surface area contributed by atoms with E-state index in [2.05, 4.69) is 0 Å². The van der Waals surface area contributed by atoms with Gasteiger partial charge in [-0.1, -0.05) is 0 Å². The van der Waals surface area contributed by atoms with Crippen LogP contribution in [-0.4, -0.2) is 35.3 Å². The predicted octanol–water partition coefficient (Wildman–Crippen LogP) is 1.52. The Labute approximate surface area is 102 Å². The zero-order chi connectivity index (χ0) is 12.8. The van der Waals surface area contributed by atoms with Crippen molar-refractivity contribution in [3.05, 3.63) is 0 Å². The van der Waals surface area contributed by atoms with Gasteiger partial charge in [0.2, 0.25) is 0 Å². The number of ether oxygens (including phenoxy) is 1. The Bertz CT molecular complexity index is 313. The number of fused-ring (bicyclic) bond motifs is 1. The molecule has 1 saturated carbocycles. The van der Waals surface area contributed by atoms with Crippen molar-refractivity contribution in [1.29, 1.82) is 0 Å². The lowest BCUT2D eigenvalue weighted by Crippen LogP contribution is -2.48. The number of hydrogen-bond donors (Lipinski definition) is 1. The second-order valence-corrected chi connectivity index (χ2v) is 6.11. The average Bonchev–Trinajstić information content (AvgIpc) is 2.71. The van der Waals surface area contributed by atoms with Crippen LogP contribution in [0.3, 0.4) is 0 Å². The molecule has 2 N–H and O–H groups in total. The summed E-state index contributed by atoms with van der Waals surface area (Å²) >= 11 is 0. The van der Waals surface area contributed by atoms with Gasteiger partial charge in [0.1, 0.15) is 5.60 Å². The average molecular weight is 242 g/mol. The van der Waals surface area contributed by atoms with E-state index in [1.165, 1.54) is 0 Å². The van der Waals surface area contributed by atoms with Gasteiger partial charge in [-0.25, -0.2) is 10.7 Å². The summed E-state index contributed by atoms with van der Waals surface area (Å²) < 4.78 is 5.40. The first-order valence-electron chi connectivity index (χ1n) is 6.18. The molecule has 0 radical (unpaired) electrons. The van der Waals surface area contributed by atoms with E-state index in [0.717, 1.165) is 13.0 Å². The van der Waals surface area contributed by atoms with E-state index in [9.17, 15) is 4.79 Å². The summed E-state index contributed by atoms with van der Waals surface area (Å²) in [4.78, 5) is 18.7. The summed E-state index contributed by atoms with van der Waals surface area (Å²) in [6.45, 7) is 8.39. The zero-order valence-electron chi connectivity index (χ0n) is 11.0. The quantitative estimate of drug-likeness (QED) is 0.746. The van der Waals surface area contributed by atoms with Gasteiger partial charge >= 0.3 is 6.09 Å². The minimum absolute atomic E-state index is 0.00573. The highest BCUT2D eigenvalue weighted by atomic mass is 16.6. The Kier molecular flexibility index (Phi) is 3.08. The van der Waals surface area contributed by atoms with Crippen LogP contribution >= 0.6 is 0 Å². The van der Waals surface area contributed by atoms with Gasteiger partial charge in [-0.2, -0.15) is 0 Å². The van der Waals surface area contributed by atoms with Crippen LogP contribution in [0.1, 0.15) is 34.1 Å². The summed E-state index contributed by atoms with van der Waals surface area (Å²) in [6.07, 6.45) is 0.848. The van der Waals surface area contributed by atoms with Crippen LogP contribution in [0.5, 0.6) is 0 Å². The topological polar surface area (TPSA) is 64.8 Å². The highest BCUT2D eigenvalue weighted by Crippen LogP contribution is 2.48. The largest absolute Gasteiger partial charge is 0.444 e. The van der Waals surface area contributed by atoms with E-state index in [1.54, 1.807) is 0 Å². The number of rotatable bonds is 2. The first-order chi connectivity index (χ1) is 7.83. The van der Waals surface area contributed by atoms with Crippen LogP contribution in [0.2, 0.25) is 0 Å². The van der Waals surface area contributed by atoms with Crippen molar-refractivity contribution in [2.24, 2.45) is 17.7 Å². The lowest BCUT2D eigenvalue weighted by atomic mass is 9.71. The molecule has 5 nitrogen and oxygen atoms in total. The van der Waals surface area contributed by atoms with Gasteiger partial charge in [0.05, 0.1) is 6.10 Å². The fraction of sp³-hybridized carbons (Fsp3) is 0.917. The lowest BCUT2D eigenvalue weighted by molar-refractivity contribution is -0.0376. The molecule has 2 aliphatic heterocycles. The number of nitrogens with zero attached hydrogens (tertiary/aromatic N) is 1. The smallest absolute Gasteiger partial charge is 0.410 e. The van der Waals surface area contributed by atoms with Crippen LogP contribution in [0, 0.1) is 11.8 Å². The summed E-state index contributed by atoms with van der Waals surface area (Å²) in [5.41, 5.74) is -0.435. The molecule has 2 heterocycles. The van der Waals surface area contributed by atoms with Crippen LogP contribution in [0.15, 0.2) is 0 Å². The molecule has 3 fully saturated rings. The molecule has 1 aliphatic carbocycles. The maximum atomic E-state index is 12.0. The molecule has 2 saturated heterocycles. The monoisotopic (exact) mass is 242 g/mol. The van der Waals surface area contributed by atoms with Crippen LogP contribution < -0.4 is 5.90 Å². The highest BCUT2D eigenvalue weighted by molar-refractivity contribution is 5.69. The van der Waals surface area contributed by atoms with Crippen molar-refractivity contribution >= 4 is 6.09 Å². The van der Waals surface area contributed by atoms with Crippen molar-refractivity contribution in [3.8, 4) is 0 Å². The molecule has 1 amide bonds. The Morgan fingerprint density at radius 2 is 2.12 bits per heavy atom. The third-order valence-electron chi connectivity index (χ3n) is 3.75. The summed E-state index contributed by atoms with van der Waals surface area (Å²) in [7, 11) is 0. The van der Waals surface area contributed by atoms with Gasteiger partial charge < -0.3 is 14.5 Å². The molecular weight excluding hydrogens is 220 g/mol. The van der Waals surface area contributed by atoms with E-state index in [1.807, 2.05) is 32.6 Å². The number of carbonyl (C=O) groups excluding carboxylic acids is 1. The number of carbonyl (C=O) groups is 1. The summed E-state index contributed by atoms with van der Waals surface area (Å²) in [6, 6.07) is 0.244. The molecule has 17 heavy (non-hydrogen) atoms. The Morgan fingerprint density at radius 3 is 2.65 bits per heavy atom. The summed E-state index contributed by atoms with van der Waals surface area (Å²) in [5.74, 6) is 6.11. The van der Waals surface area contributed by atoms with Gasteiger partial charge in [-0.3, -0.25) is 0 Å². The fourth-order valence-electron chi connectivity index (χ4n) is 2.98. The molecule has 2 unspecified atom stereocenters. The minimum Gasteiger partial charge on any atom is -0.444 e. The van der Waals surface area contributed by atoms with Crippen LogP contribution in [0.4, 0.5) is 4.79 Å². The number of amides is 1. The van der Waals surface area contributed by atoms with Gasteiger partial charge in [0.25, 0.3) is 0 Å². The predicted molar refractivity (Wildman–Crippen MR) is 63.1 cm³/mol. The minimum atomic E-state index is -0.435. The molecule has 0 aromatic rings. The molecular formula is C12H22N2O3. The molecule has 3 rings (SSSR count). The standard InChI is InChI=1S/C12H22N2O3/c1-7(17-13)10-8-5-9(10)14(6-8)11(15)16-12(2,3)4/h7-10H,5-6,13H2,1-4H3/t7?,8-,9-,10?/m0/s1. The Hall–Kier alpha value is -0.810. The first-order valence-corrected chi connectivity index (χ1v) is 6.18. The van der Waals surface area contributed by atoms with Crippen molar-refractivity contribution in [3.63, 3.8) is 0 Å². The molecule has 4 atom stereocenters. The summed E-state index contributed by atoms with van der Waals surface area (Å²) in [5, 5.41) is 0. The first kappa shape index (κ1) is 12.6. The molecule has 0 aromatic heterocycles. The van der Waals surface area contributed by atoms with Crippen molar-refractivity contribution < 1.29 is 14.4 Å². The van der Waals surface area contributed by atoms with Crippen molar-refractivity contribution in [1.82, 2.24) is 4.90 Å². The highest BCUT2D eigenvalue weighted by Gasteiger charge is 2.56. The Balaban J connectivity index is 1.96. The van der Waals surface area contributed by atoms with Crippen LogP contribution in [-0.2, 0) is 9.57 Å². The fourth-order valence-corrected chi connectivity index (χ4v) is 2.98. The SMILES string of the molecule is CC(ON)C1[C@H]2C[C@@H]1N(C(=O)OC(C)(C)C)C2. The molecule has 98 valence electrons. The maximum absolute atomic E-state index is 12.0. The molecule has 0 spiro atoms. The van der Waals surface area contributed by atoms with Gasteiger partial charge in [0.15, 0.2) is 0 Å². The van der Waals surface area contributed by atoms with E-state index in [4.69, 9.17) is 15.5 Å². The molecule has 0 aromatic carbocycles. The second-order valence-electron chi connectivity index (χ2n) is 6.11. The third kappa shape index (κ3) is 2.26. The van der Waals surface area contributed by atoms with Crippen molar-refractivity contribution in [2.45, 2.75) is 51.9 Å².